The molecule has 11 heteroatoms. The fraction of sp³-hybridized carbons (Fsp3) is 0.379. The number of halogens is 3. The molecule has 4 rings (SSSR count). The van der Waals surface area contributed by atoms with Crippen molar-refractivity contribution in [3.8, 4) is 0 Å². The Morgan fingerprint density at radius 2 is 1.68 bits per heavy atom. The number of anilines is 2. The van der Waals surface area contributed by atoms with Crippen LogP contribution in [0, 0.1) is 0 Å². The second-order valence-electron chi connectivity index (χ2n) is 10.7. The second-order valence-corrected chi connectivity index (χ2v) is 10.7. The topological polar surface area (TPSA) is 105 Å². The fourth-order valence-corrected chi connectivity index (χ4v) is 4.43. The first-order valence-corrected chi connectivity index (χ1v) is 12.8. The molecule has 1 amide bonds. The number of likely N-dealkylation sites (tertiary alicyclic amines) is 1. The minimum atomic E-state index is -4.63. The minimum Gasteiger partial charge on any atom is -0.481 e. The summed E-state index contributed by atoms with van der Waals surface area (Å²) in [5, 5.41) is 12.1. The van der Waals surface area contributed by atoms with Gasteiger partial charge in [-0.1, -0.05) is 36.4 Å². The van der Waals surface area contributed by atoms with Gasteiger partial charge in [0.2, 0.25) is 5.95 Å². The molecule has 2 heterocycles. The van der Waals surface area contributed by atoms with Gasteiger partial charge in [0, 0.05) is 30.9 Å². The molecule has 1 aliphatic rings. The number of nitrogens with one attached hydrogen (secondary N) is 1. The lowest BCUT2D eigenvalue weighted by Gasteiger charge is -2.40. The minimum absolute atomic E-state index is 0.0225. The third-order valence-electron chi connectivity index (χ3n) is 6.44. The number of hydrogen-bond acceptors (Lipinski definition) is 6. The van der Waals surface area contributed by atoms with Crippen LogP contribution in [-0.2, 0) is 35.0 Å². The monoisotopic (exact) mass is 556 g/mol. The highest BCUT2D eigenvalue weighted by atomic mass is 19.4. The van der Waals surface area contributed by atoms with Gasteiger partial charge in [-0.25, -0.2) is 14.8 Å². The molecule has 2 aromatic carbocycles. The molecule has 0 spiro atoms. The van der Waals surface area contributed by atoms with Crippen LogP contribution in [-0.4, -0.2) is 50.7 Å². The number of nitrogens with zero attached hydrogens (tertiary/aromatic N) is 3. The summed E-state index contributed by atoms with van der Waals surface area (Å²) in [5.41, 5.74) is 1.18. The van der Waals surface area contributed by atoms with Crippen molar-refractivity contribution in [2.75, 3.05) is 18.4 Å². The van der Waals surface area contributed by atoms with Crippen LogP contribution in [0.3, 0.4) is 0 Å². The highest BCUT2D eigenvalue weighted by Gasteiger charge is 2.36. The summed E-state index contributed by atoms with van der Waals surface area (Å²) in [6.07, 6.45) is -4.28. The number of aryl methyl sites for hydroxylation is 2. The molecule has 1 aromatic heterocycles. The Hall–Kier alpha value is -4.15. The maximum atomic E-state index is 13.7. The van der Waals surface area contributed by atoms with Gasteiger partial charge >= 0.3 is 18.2 Å². The molecule has 0 radical (unpaired) electrons. The van der Waals surface area contributed by atoms with E-state index >= 15 is 0 Å². The number of rotatable bonds is 8. The second kappa shape index (κ2) is 11.5. The zero-order valence-corrected chi connectivity index (χ0v) is 22.5. The van der Waals surface area contributed by atoms with E-state index in [1.54, 1.807) is 41.3 Å². The molecule has 1 fully saturated rings. The van der Waals surface area contributed by atoms with Crippen LogP contribution in [0.25, 0.3) is 0 Å². The van der Waals surface area contributed by atoms with Crippen molar-refractivity contribution in [2.24, 2.45) is 0 Å². The van der Waals surface area contributed by atoms with Crippen molar-refractivity contribution in [2.45, 2.75) is 57.7 Å². The maximum Gasteiger partial charge on any atom is 0.419 e. The van der Waals surface area contributed by atoms with E-state index in [4.69, 9.17) is 9.84 Å². The van der Waals surface area contributed by atoms with Crippen molar-refractivity contribution in [3.63, 3.8) is 0 Å². The van der Waals surface area contributed by atoms with Crippen LogP contribution < -0.4 is 5.32 Å². The molecule has 0 bridgehead atoms. The molecule has 3 aromatic rings. The largest absolute Gasteiger partial charge is 0.481 e. The van der Waals surface area contributed by atoms with Crippen molar-refractivity contribution in [1.82, 2.24) is 14.9 Å². The maximum absolute atomic E-state index is 13.7. The number of alkyl halides is 3. The number of carbonyl (C=O) groups is 2. The summed E-state index contributed by atoms with van der Waals surface area (Å²) < 4.78 is 46.5. The molecule has 0 atom stereocenters. The van der Waals surface area contributed by atoms with Gasteiger partial charge in [0.05, 0.1) is 17.7 Å². The number of ether oxygens (including phenoxy) is 1. The predicted molar refractivity (Wildman–Crippen MR) is 142 cm³/mol. The summed E-state index contributed by atoms with van der Waals surface area (Å²) in [6.45, 7) is 6.54. The van der Waals surface area contributed by atoms with E-state index in [2.05, 4.69) is 15.3 Å². The molecule has 40 heavy (non-hydrogen) atoms. The summed E-state index contributed by atoms with van der Waals surface area (Å²) in [7, 11) is 0. The zero-order chi connectivity index (χ0) is 29.1. The first-order chi connectivity index (χ1) is 18.8. The van der Waals surface area contributed by atoms with Gasteiger partial charge in [-0.15, -0.1) is 0 Å². The molecular weight excluding hydrogens is 525 g/mol. The number of carboxylic acids is 1. The van der Waals surface area contributed by atoms with Gasteiger partial charge in [0.15, 0.2) is 0 Å². The number of hydrogen-bond donors (Lipinski definition) is 2. The van der Waals surface area contributed by atoms with E-state index in [1.165, 1.54) is 0 Å². The number of benzene rings is 2. The Labute approximate surface area is 230 Å². The Morgan fingerprint density at radius 1 is 1.02 bits per heavy atom. The first-order valence-electron chi connectivity index (χ1n) is 12.8. The van der Waals surface area contributed by atoms with E-state index in [-0.39, 0.29) is 42.9 Å². The van der Waals surface area contributed by atoms with Gasteiger partial charge in [-0.3, -0.25) is 4.79 Å². The van der Waals surface area contributed by atoms with Crippen LogP contribution in [0.2, 0.25) is 0 Å². The standard InChI is InChI=1S/C29H31F3N4O4/c1-28(2,3)40-27(39)36-16-21(17-36)19-8-11-22(12-9-19)34-26-33-15-23(29(30,31)32)24(35-26)13-10-18-6-4-5-7-20(18)14-25(37)38/h4-9,11-12,15,21H,10,13-14,16-17H2,1-3H3,(H,37,38)(H,33,34,35). The molecule has 0 aliphatic carbocycles. The number of amides is 1. The normalized spacial score (nSPS) is 14.0. The lowest BCUT2D eigenvalue weighted by atomic mass is 9.92. The van der Waals surface area contributed by atoms with Crippen LogP contribution in [0.1, 0.15) is 54.6 Å². The van der Waals surface area contributed by atoms with E-state index in [1.807, 2.05) is 32.9 Å². The van der Waals surface area contributed by atoms with Gasteiger partial charge in [-0.2, -0.15) is 13.2 Å². The van der Waals surface area contributed by atoms with Crippen molar-refractivity contribution < 1.29 is 32.6 Å². The molecule has 0 unspecified atom stereocenters. The van der Waals surface area contributed by atoms with E-state index in [0.29, 0.717) is 29.9 Å². The van der Waals surface area contributed by atoms with Gasteiger partial charge in [-0.05, 0) is 62.4 Å². The molecular formula is C29H31F3N4O4. The highest BCUT2D eigenvalue weighted by Crippen LogP contribution is 2.33. The Kier molecular flexibility index (Phi) is 8.32. The van der Waals surface area contributed by atoms with Crippen molar-refractivity contribution in [1.29, 1.82) is 0 Å². The van der Waals surface area contributed by atoms with Crippen LogP contribution in [0.4, 0.5) is 29.6 Å². The summed E-state index contributed by atoms with van der Waals surface area (Å²) in [4.78, 5) is 33.0. The number of carbonyl (C=O) groups excluding carboxylic acids is 1. The summed E-state index contributed by atoms with van der Waals surface area (Å²) >= 11 is 0. The molecule has 0 saturated carbocycles. The average Bonchev–Trinajstić information content (AvgIpc) is 2.81. The number of aliphatic carboxylic acids is 1. The SMILES string of the molecule is CC(C)(C)OC(=O)N1CC(c2ccc(Nc3ncc(C(F)(F)F)c(CCc4ccccc4CC(=O)O)n3)cc2)C1. The van der Waals surface area contributed by atoms with Crippen LogP contribution in [0.15, 0.2) is 54.7 Å². The van der Waals surface area contributed by atoms with Gasteiger partial charge in [0.1, 0.15) is 5.60 Å². The van der Waals surface area contributed by atoms with E-state index < -0.39 is 23.3 Å². The Balaban J connectivity index is 1.43. The van der Waals surface area contributed by atoms with Crippen LogP contribution in [0.5, 0.6) is 0 Å². The van der Waals surface area contributed by atoms with Gasteiger partial charge in [0.25, 0.3) is 0 Å². The first kappa shape index (κ1) is 28.8. The van der Waals surface area contributed by atoms with Crippen molar-refractivity contribution in [3.05, 3.63) is 82.7 Å². The average molecular weight is 557 g/mol. The van der Waals surface area contributed by atoms with E-state index in [0.717, 1.165) is 11.8 Å². The van der Waals surface area contributed by atoms with Gasteiger partial charge < -0.3 is 20.1 Å². The predicted octanol–water partition coefficient (Wildman–Crippen LogP) is 5.99. The molecule has 212 valence electrons. The number of carboxylic acid groups (broad SMARTS) is 1. The lowest BCUT2D eigenvalue weighted by Crippen LogP contribution is -2.50. The smallest absolute Gasteiger partial charge is 0.419 e. The molecule has 2 N–H and O–H groups in total. The highest BCUT2D eigenvalue weighted by molar-refractivity contribution is 5.71. The summed E-state index contributed by atoms with van der Waals surface area (Å²) in [6, 6.07) is 14.1. The molecule has 8 nitrogen and oxygen atoms in total. The molecule has 1 aliphatic heterocycles. The van der Waals surface area contributed by atoms with E-state index in [9.17, 15) is 22.8 Å². The zero-order valence-electron chi connectivity index (χ0n) is 22.5. The third kappa shape index (κ3) is 7.49. The summed E-state index contributed by atoms with van der Waals surface area (Å²) in [5.74, 6) is -0.825. The van der Waals surface area contributed by atoms with Crippen molar-refractivity contribution >= 4 is 23.7 Å². The Morgan fingerprint density at radius 3 is 2.27 bits per heavy atom. The third-order valence-corrected chi connectivity index (χ3v) is 6.44. The molecule has 1 saturated heterocycles. The lowest BCUT2D eigenvalue weighted by molar-refractivity contribution is -0.139. The fourth-order valence-electron chi connectivity index (χ4n) is 4.43. The van der Waals surface area contributed by atoms with Crippen LogP contribution >= 0.6 is 0 Å². The Bertz CT molecular complexity index is 1360. The quantitative estimate of drug-likeness (QED) is 0.351. The number of aromatic nitrogens is 2.